The second-order valence-corrected chi connectivity index (χ2v) is 2.91. The number of nitrogens with zero attached hydrogens (tertiary/aromatic N) is 1. The van der Waals surface area contributed by atoms with Crippen molar-refractivity contribution in [2.45, 2.75) is 18.7 Å². The van der Waals surface area contributed by atoms with Gasteiger partial charge in [0, 0.05) is 13.1 Å². The van der Waals surface area contributed by atoms with Gasteiger partial charge in [-0.25, -0.2) is 0 Å². The van der Waals surface area contributed by atoms with Crippen molar-refractivity contribution in [3.63, 3.8) is 0 Å². The van der Waals surface area contributed by atoms with Gasteiger partial charge in [0.1, 0.15) is 0 Å². The Labute approximate surface area is 71.1 Å². The lowest BCUT2D eigenvalue weighted by atomic mass is 10.5. The Morgan fingerprint density at radius 1 is 1.40 bits per heavy atom. The van der Waals surface area contributed by atoms with E-state index in [1.54, 1.807) is 4.90 Å². The van der Waals surface area contributed by atoms with Crippen LogP contribution in [0, 0.1) is 0 Å². The molecule has 0 saturated carbocycles. The molecule has 10 heavy (non-hydrogen) atoms. The van der Waals surface area contributed by atoms with Crippen molar-refractivity contribution < 1.29 is 4.79 Å². The zero-order chi connectivity index (χ0) is 8.15. The lowest BCUT2D eigenvalue weighted by molar-refractivity contribution is -0.128. The van der Waals surface area contributed by atoms with Crippen LogP contribution >= 0.6 is 23.2 Å². The van der Waals surface area contributed by atoms with Gasteiger partial charge < -0.3 is 4.90 Å². The van der Waals surface area contributed by atoms with E-state index in [-0.39, 0.29) is 5.91 Å². The molecule has 0 aromatic heterocycles. The van der Waals surface area contributed by atoms with Crippen molar-refractivity contribution in [1.82, 2.24) is 4.90 Å². The van der Waals surface area contributed by atoms with Crippen LogP contribution in [0.25, 0.3) is 0 Å². The maximum atomic E-state index is 11.0. The average Bonchev–Trinajstić information content (AvgIpc) is 1.90. The van der Waals surface area contributed by atoms with E-state index in [1.165, 1.54) is 0 Å². The van der Waals surface area contributed by atoms with E-state index in [2.05, 4.69) is 0 Å². The van der Waals surface area contributed by atoms with Crippen molar-refractivity contribution in [1.29, 1.82) is 0 Å². The summed E-state index contributed by atoms with van der Waals surface area (Å²) in [6.07, 6.45) is 0. The van der Waals surface area contributed by atoms with Crippen LogP contribution in [0.4, 0.5) is 0 Å². The molecule has 0 aliphatic rings. The van der Waals surface area contributed by atoms with E-state index in [1.807, 2.05) is 13.8 Å². The number of hydrogen-bond donors (Lipinski definition) is 0. The van der Waals surface area contributed by atoms with Crippen molar-refractivity contribution in [2.75, 3.05) is 13.1 Å². The number of carbonyl (C=O) groups excluding carboxylic acids is 1. The van der Waals surface area contributed by atoms with Gasteiger partial charge in [-0.15, -0.1) is 0 Å². The Hall–Kier alpha value is 0.0500. The molecule has 0 spiro atoms. The molecule has 0 bridgehead atoms. The van der Waals surface area contributed by atoms with Gasteiger partial charge in [-0.3, -0.25) is 4.79 Å². The number of rotatable bonds is 3. The topological polar surface area (TPSA) is 20.3 Å². The zero-order valence-corrected chi connectivity index (χ0v) is 7.61. The molecule has 0 aromatic rings. The lowest BCUT2D eigenvalue weighted by Gasteiger charge is -2.18. The zero-order valence-electron chi connectivity index (χ0n) is 6.10. The first-order valence-electron chi connectivity index (χ1n) is 3.20. The highest BCUT2D eigenvalue weighted by molar-refractivity contribution is 6.53. The third kappa shape index (κ3) is 2.76. The number of halogens is 2. The van der Waals surface area contributed by atoms with Gasteiger partial charge in [0.25, 0.3) is 5.91 Å². The number of alkyl halides is 2. The van der Waals surface area contributed by atoms with Gasteiger partial charge in [0.05, 0.1) is 0 Å². The Balaban J connectivity index is 3.89. The molecule has 0 radical (unpaired) electrons. The van der Waals surface area contributed by atoms with Crippen LogP contribution in [0.5, 0.6) is 0 Å². The number of carbonyl (C=O) groups is 1. The second kappa shape index (κ2) is 4.80. The normalized spacial score (nSPS) is 10.1. The smallest absolute Gasteiger partial charge is 0.255 e. The van der Waals surface area contributed by atoms with E-state index < -0.39 is 4.84 Å². The summed E-state index contributed by atoms with van der Waals surface area (Å²) < 4.78 is 0. The molecule has 0 saturated heterocycles. The molecule has 0 aromatic carbocycles. The lowest BCUT2D eigenvalue weighted by Crippen LogP contribution is -2.34. The van der Waals surface area contributed by atoms with Gasteiger partial charge in [0.2, 0.25) is 0 Å². The fraction of sp³-hybridized carbons (Fsp3) is 0.833. The van der Waals surface area contributed by atoms with Crippen LogP contribution in [0.2, 0.25) is 0 Å². The Kier molecular flexibility index (Phi) is 4.83. The summed E-state index contributed by atoms with van der Waals surface area (Å²) in [4.78, 5) is 11.6. The van der Waals surface area contributed by atoms with Crippen LogP contribution in [0.15, 0.2) is 0 Å². The summed E-state index contributed by atoms with van der Waals surface area (Å²) in [5.74, 6) is -0.215. The molecule has 0 unspecified atom stereocenters. The largest absolute Gasteiger partial charge is 0.341 e. The molecule has 0 fully saturated rings. The number of amides is 1. The molecule has 0 aliphatic carbocycles. The maximum absolute atomic E-state index is 11.0. The third-order valence-electron chi connectivity index (χ3n) is 1.26. The summed E-state index contributed by atoms with van der Waals surface area (Å²) in [7, 11) is 0. The molecule has 4 heteroatoms. The van der Waals surface area contributed by atoms with Gasteiger partial charge in [-0.05, 0) is 13.8 Å². The molecule has 0 aliphatic heterocycles. The van der Waals surface area contributed by atoms with E-state index in [0.29, 0.717) is 13.1 Å². The van der Waals surface area contributed by atoms with Crippen molar-refractivity contribution in [3.8, 4) is 0 Å². The minimum atomic E-state index is -0.917. The maximum Gasteiger partial charge on any atom is 0.255 e. The average molecular weight is 184 g/mol. The predicted molar refractivity (Wildman–Crippen MR) is 43.4 cm³/mol. The highest BCUT2D eigenvalue weighted by Gasteiger charge is 2.16. The predicted octanol–water partition coefficient (Wildman–Crippen LogP) is 1.66. The second-order valence-electron chi connectivity index (χ2n) is 1.81. The van der Waals surface area contributed by atoms with Gasteiger partial charge in [0.15, 0.2) is 4.84 Å². The van der Waals surface area contributed by atoms with Crippen molar-refractivity contribution in [2.24, 2.45) is 0 Å². The monoisotopic (exact) mass is 183 g/mol. The first kappa shape index (κ1) is 10.0. The van der Waals surface area contributed by atoms with Crippen LogP contribution in [-0.2, 0) is 4.79 Å². The fourth-order valence-corrected chi connectivity index (χ4v) is 0.949. The Bertz CT molecular complexity index is 112. The van der Waals surface area contributed by atoms with E-state index >= 15 is 0 Å². The highest BCUT2D eigenvalue weighted by atomic mass is 35.5. The molecule has 1 amide bonds. The Morgan fingerprint density at radius 2 is 1.80 bits per heavy atom. The molecule has 0 heterocycles. The Morgan fingerprint density at radius 3 is 1.90 bits per heavy atom. The number of hydrogen-bond acceptors (Lipinski definition) is 1. The molecule has 0 N–H and O–H groups in total. The minimum Gasteiger partial charge on any atom is -0.341 e. The van der Waals surface area contributed by atoms with Crippen LogP contribution in [0.1, 0.15) is 13.8 Å². The summed E-state index contributed by atoms with van der Waals surface area (Å²) in [6.45, 7) is 5.09. The van der Waals surface area contributed by atoms with Gasteiger partial charge in [-0.2, -0.15) is 0 Å². The van der Waals surface area contributed by atoms with Crippen LogP contribution in [-0.4, -0.2) is 28.7 Å². The molecule has 60 valence electrons. The summed E-state index contributed by atoms with van der Waals surface area (Å²) in [5, 5.41) is 0. The third-order valence-corrected chi connectivity index (χ3v) is 1.64. The van der Waals surface area contributed by atoms with E-state index in [4.69, 9.17) is 23.2 Å². The van der Waals surface area contributed by atoms with Gasteiger partial charge in [-0.1, -0.05) is 23.2 Å². The first-order chi connectivity index (χ1) is 4.63. The van der Waals surface area contributed by atoms with Crippen molar-refractivity contribution in [3.05, 3.63) is 0 Å². The van der Waals surface area contributed by atoms with Crippen molar-refractivity contribution >= 4 is 29.1 Å². The molecule has 0 atom stereocenters. The van der Waals surface area contributed by atoms with Crippen LogP contribution < -0.4 is 0 Å². The first-order valence-corrected chi connectivity index (χ1v) is 4.07. The van der Waals surface area contributed by atoms with Gasteiger partial charge >= 0.3 is 0 Å². The minimum absolute atomic E-state index is 0.215. The summed E-state index contributed by atoms with van der Waals surface area (Å²) >= 11 is 10.7. The SMILES string of the molecule is CCN(CC)C(=O)C(Cl)Cl. The molecular formula is C6H11Cl2NO. The summed E-state index contributed by atoms with van der Waals surface area (Å²) in [6, 6.07) is 0. The van der Waals surface area contributed by atoms with E-state index in [9.17, 15) is 4.79 Å². The standard InChI is InChI=1S/C6H11Cl2NO/c1-3-9(4-2)6(10)5(7)8/h5H,3-4H2,1-2H3. The molecule has 2 nitrogen and oxygen atoms in total. The quantitative estimate of drug-likeness (QED) is 0.610. The fourth-order valence-electron chi connectivity index (χ4n) is 0.673. The van der Waals surface area contributed by atoms with E-state index in [0.717, 1.165) is 0 Å². The summed E-state index contributed by atoms with van der Waals surface area (Å²) in [5.41, 5.74) is 0. The highest BCUT2D eigenvalue weighted by Crippen LogP contribution is 2.05. The molecular weight excluding hydrogens is 173 g/mol. The van der Waals surface area contributed by atoms with Crippen LogP contribution in [0.3, 0.4) is 0 Å². The molecule has 0 rings (SSSR count).